The van der Waals surface area contributed by atoms with Crippen molar-refractivity contribution in [3.05, 3.63) is 0 Å². The Kier molecular flexibility index (Phi) is 3.79. The Morgan fingerprint density at radius 2 is 2.14 bits per heavy atom. The number of rotatable bonds is 2. The predicted octanol–water partition coefficient (Wildman–Crippen LogP) is 0.707. The topological polar surface area (TPSA) is 24.5 Å². The summed E-state index contributed by atoms with van der Waals surface area (Å²) >= 11 is 0. The summed E-state index contributed by atoms with van der Waals surface area (Å²) in [6.07, 6.45) is 4.46. The molecule has 2 aliphatic heterocycles. The second kappa shape index (κ2) is 5.10. The molecule has 3 nitrogen and oxygen atoms in total. The van der Waals surface area contributed by atoms with Gasteiger partial charge in [-0.1, -0.05) is 0 Å². The maximum Gasteiger partial charge on any atom is 0.0702 e. The lowest BCUT2D eigenvalue weighted by atomic mass is 9.91. The van der Waals surface area contributed by atoms with Crippen LogP contribution in [0.1, 0.15) is 19.3 Å². The van der Waals surface area contributed by atoms with Gasteiger partial charge in [-0.25, -0.2) is 0 Å². The number of ether oxygens (including phenoxy) is 1. The SMILES string of the molecule is CN1CCC(CC2CNCCO2)CC1. The highest BCUT2D eigenvalue weighted by Gasteiger charge is 2.22. The quantitative estimate of drug-likeness (QED) is 0.707. The van der Waals surface area contributed by atoms with Gasteiger partial charge in [0.2, 0.25) is 0 Å². The van der Waals surface area contributed by atoms with E-state index >= 15 is 0 Å². The van der Waals surface area contributed by atoms with Crippen molar-refractivity contribution in [3.8, 4) is 0 Å². The normalized spacial score (nSPS) is 31.9. The number of hydrogen-bond donors (Lipinski definition) is 1. The number of nitrogens with one attached hydrogen (secondary N) is 1. The van der Waals surface area contributed by atoms with Gasteiger partial charge >= 0.3 is 0 Å². The Morgan fingerprint density at radius 1 is 1.36 bits per heavy atom. The highest BCUT2D eigenvalue weighted by molar-refractivity contribution is 4.76. The zero-order chi connectivity index (χ0) is 9.80. The molecule has 1 atom stereocenters. The van der Waals surface area contributed by atoms with Gasteiger partial charge in [-0.2, -0.15) is 0 Å². The molecule has 0 amide bonds. The third kappa shape index (κ3) is 2.94. The molecule has 2 fully saturated rings. The van der Waals surface area contributed by atoms with Crippen LogP contribution in [0.15, 0.2) is 0 Å². The summed E-state index contributed by atoms with van der Waals surface area (Å²) in [4.78, 5) is 2.43. The molecule has 2 saturated heterocycles. The molecule has 0 spiro atoms. The first kappa shape index (κ1) is 10.4. The fraction of sp³-hybridized carbons (Fsp3) is 1.00. The third-order valence-corrected chi connectivity index (χ3v) is 3.44. The maximum atomic E-state index is 5.73. The van der Waals surface area contributed by atoms with Crippen molar-refractivity contribution in [2.75, 3.05) is 39.8 Å². The standard InChI is InChI=1S/C11H22N2O/c1-13-5-2-10(3-6-13)8-11-9-12-4-7-14-11/h10-12H,2-9H2,1H3. The summed E-state index contributed by atoms with van der Waals surface area (Å²) in [5.74, 6) is 0.899. The second-order valence-corrected chi connectivity index (χ2v) is 4.68. The molecular weight excluding hydrogens is 176 g/mol. The molecule has 0 aliphatic carbocycles. The van der Waals surface area contributed by atoms with E-state index in [4.69, 9.17) is 4.74 Å². The van der Waals surface area contributed by atoms with Crippen molar-refractivity contribution < 1.29 is 4.74 Å². The van der Waals surface area contributed by atoms with Gasteiger partial charge in [0.1, 0.15) is 0 Å². The van der Waals surface area contributed by atoms with E-state index < -0.39 is 0 Å². The molecule has 3 heteroatoms. The minimum Gasteiger partial charge on any atom is -0.376 e. The van der Waals surface area contributed by atoms with E-state index in [-0.39, 0.29) is 0 Å². The van der Waals surface area contributed by atoms with Crippen LogP contribution >= 0.6 is 0 Å². The Balaban J connectivity index is 1.68. The van der Waals surface area contributed by atoms with Crippen LogP contribution < -0.4 is 5.32 Å². The van der Waals surface area contributed by atoms with Gasteiger partial charge in [-0.15, -0.1) is 0 Å². The molecule has 1 N–H and O–H groups in total. The Hall–Kier alpha value is -0.120. The molecule has 0 aromatic carbocycles. The van der Waals surface area contributed by atoms with Gasteiger partial charge in [0, 0.05) is 13.1 Å². The van der Waals surface area contributed by atoms with Crippen LogP contribution in [-0.2, 0) is 4.74 Å². The molecule has 82 valence electrons. The van der Waals surface area contributed by atoms with E-state index in [9.17, 15) is 0 Å². The van der Waals surface area contributed by atoms with Crippen LogP contribution in [0.4, 0.5) is 0 Å². The second-order valence-electron chi connectivity index (χ2n) is 4.68. The largest absolute Gasteiger partial charge is 0.376 e. The van der Waals surface area contributed by atoms with E-state index in [2.05, 4.69) is 17.3 Å². The van der Waals surface area contributed by atoms with Gasteiger partial charge in [-0.05, 0) is 45.3 Å². The smallest absolute Gasteiger partial charge is 0.0702 e. The average molecular weight is 198 g/mol. The summed E-state index contributed by atoms with van der Waals surface area (Å²) in [6.45, 7) is 5.53. The highest BCUT2D eigenvalue weighted by Crippen LogP contribution is 2.22. The fourth-order valence-corrected chi connectivity index (χ4v) is 2.44. The first-order chi connectivity index (χ1) is 6.84. The summed E-state index contributed by atoms with van der Waals surface area (Å²) in [7, 11) is 2.22. The molecular formula is C11H22N2O. The van der Waals surface area contributed by atoms with Crippen molar-refractivity contribution in [2.45, 2.75) is 25.4 Å². The molecule has 0 aromatic heterocycles. The minimum absolute atomic E-state index is 0.483. The number of likely N-dealkylation sites (tertiary alicyclic amines) is 1. The van der Waals surface area contributed by atoms with Gasteiger partial charge < -0.3 is 15.0 Å². The molecule has 14 heavy (non-hydrogen) atoms. The fourth-order valence-electron chi connectivity index (χ4n) is 2.44. The monoisotopic (exact) mass is 198 g/mol. The van der Waals surface area contributed by atoms with Crippen LogP contribution in [0.25, 0.3) is 0 Å². The Morgan fingerprint density at radius 3 is 2.79 bits per heavy atom. The minimum atomic E-state index is 0.483. The van der Waals surface area contributed by atoms with Crippen molar-refractivity contribution >= 4 is 0 Å². The van der Waals surface area contributed by atoms with Gasteiger partial charge in [0.25, 0.3) is 0 Å². The van der Waals surface area contributed by atoms with Gasteiger partial charge in [0.15, 0.2) is 0 Å². The number of piperidine rings is 1. The van der Waals surface area contributed by atoms with Crippen LogP contribution in [-0.4, -0.2) is 50.8 Å². The maximum absolute atomic E-state index is 5.73. The zero-order valence-corrected chi connectivity index (χ0v) is 9.17. The van der Waals surface area contributed by atoms with E-state index in [1.165, 1.54) is 32.4 Å². The average Bonchev–Trinajstić information content (AvgIpc) is 2.23. The van der Waals surface area contributed by atoms with Crippen molar-refractivity contribution in [2.24, 2.45) is 5.92 Å². The summed E-state index contributed by atoms with van der Waals surface area (Å²) < 4.78 is 5.73. The third-order valence-electron chi connectivity index (χ3n) is 3.44. The molecule has 2 heterocycles. The van der Waals surface area contributed by atoms with Gasteiger partial charge in [0.05, 0.1) is 12.7 Å². The van der Waals surface area contributed by atoms with Gasteiger partial charge in [-0.3, -0.25) is 0 Å². The predicted molar refractivity (Wildman–Crippen MR) is 57.4 cm³/mol. The lowest BCUT2D eigenvalue weighted by molar-refractivity contribution is 0.00744. The molecule has 2 rings (SSSR count). The Bertz CT molecular complexity index is 161. The van der Waals surface area contributed by atoms with Crippen LogP contribution in [0, 0.1) is 5.92 Å². The highest BCUT2D eigenvalue weighted by atomic mass is 16.5. The number of hydrogen-bond acceptors (Lipinski definition) is 3. The number of morpholine rings is 1. The summed E-state index contributed by atoms with van der Waals surface area (Å²) in [6, 6.07) is 0. The van der Waals surface area contributed by atoms with E-state index in [1.54, 1.807) is 0 Å². The number of nitrogens with zero attached hydrogens (tertiary/aromatic N) is 1. The van der Waals surface area contributed by atoms with Crippen molar-refractivity contribution in [1.29, 1.82) is 0 Å². The summed E-state index contributed by atoms with van der Waals surface area (Å²) in [5.41, 5.74) is 0. The zero-order valence-electron chi connectivity index (χ0n) is 9.17. The molecule has 1 unspecified atom stereocenters. The first-order valence-corrected chi connectivity index (χ1v) is 5.85. The molecule has 0 bridgehead atoms. The van der Waals surface area contributed by atoms with Crippen LogP contribution in [0.5, 0.6) is 0 Å². The van der Waals surface area contributed by atoms with Crippen LogP contribution in [0.2, 0.25) is 0 Å². The van der Waals surface area contributed by atoms with E-state index in [1.807, 2.05) is 0 Å². The lowest BCUT2D eigenvalue weighted by Crippen LogP contribution is -2.41. The molecule has 0 saturated carbocycles. The van der Waals surface area contributed by atoms with Crippen LogP contribution in [0.3, 0.4) is 0 Å². The van der Waals surface area contributed by atoms with E-state index in [0.29, 0.717) is 6.10 Å². The summed E-state index contributed by atoms with van der Waals surface area (Å²) in [5, 5.41) is 3.40. The lowest BCUT2D eigenvalue weighted by Gasteiger charge is -2.32. The first-order valence-electron chi connectivity index (χ1n) is 5.85. The molecule has 0 aromatic rings. The van der Waals surface area contributed by atoms with Crippen molar-refractivity contribution in [1.82, 2.24) is 10.2 Å². The van der Waals surface area contributed by atoms with E-state index in [0.717, 1.165) is 25.6 Å². The molecule has 0 radical (unpaired) electrons. The molecule has 2 aliphatic rings. The van der Waals surface area contributed by atoms with Crippen molar-refractivity contribution in [3.63, 3.8) is 0 Å². The Labute approximate surface area is 86.8 Å².